The van der Waals surface area contributed by atoms with Crippen molar-refractivity contribution in [3.63, 3.8) is 0 Å². The fourth-order valence-corrected chi connectivity index (χ4v) is 3.50. The van der Waals surface area contributed by atoms with Gasteiger partial charge in [-0.3, -0.25) is 4.90 Å². The maximum atomic E-state index is 13.0. The average Bonchev–Trinajstić information content (AvgIpc) is 2.76. The summed E-state index contributed by atoms with van der Waals surface area (Å²) in [4.78, 5) is 27.5. The van der Waals surface area contributed by atoms with E-state index in [-0.39, 0.29) is 12.6 Å². The molecule has 0 aromatic heterocycles. The standard InChI is InChI=1S/C23H26N2O5/c1-5-30-22(26)20-15(2)25(14-16-9-7-6-8-10-16)23(27)24-21(20)18-12-11-17(28-3)13-19(18)29-4/h6-13,21H,5,14H2,1-4H3,(H,24,27). The van der Waals surface area contributed by atoms with E-state index in [1.807, 2.05) is 30.3 Å². The SMILES string of the molecule is CCOC(=O)C1=C(C)N(Cc2ccccc2)C(=O)NC1c1ccc(OC)cc1OC. The van der Waals surface area contributed by atoms with E-state index in [9.17, 15) is 9.59 Å². The number of amides is 2. The molecule has 0 bridgehead atoms. The number of methoxy groups -OCH3 is 2. The Kier molecular flexibility index (Phi) is 6.61. The number of urea groups is 1. The molecule has 1 heterocycles. The smallest absolute Gasteiger partial charge is 0.338 e. The molecule has 0 fully saturated rings. The molecule has 30 heavy (non-hydrogen) atoms. The largest absolute Gasteiger partial charge is 0.497 e. The summed E-state index contributed by atoms with van der Waals surface area (Å²) in [5.74, 6) is 0.642. The third kappa shape index (κ3) is 4.25. The molecular weight excluding hydrogens is 384 g/mol. The molecule has 1 N–H and O–H groups in total. The number of rotatable bonds is 7. The molecule has 2 amide bonds. The van der Waals surface area contributed by atoms with E-state index in [2.05, 4.69) is 5.32 Å². The van der Waals surface area contributed by atoms with E-state index < -0.39 is 12.0 Å². The molecule has 0 spiro atoms. The summed E-state index contributed by atoms with van der Waals surface area (Å²) >= 11 is 0. The highest BCUT2D eigenvalue weighted by atomic mass is 16.5. The maximum Gasteiger partial charge on any atom is 0.338 e. The molecule has 1 aliphatic heterocycles. The predicted octanol–water partition coefficient (Wildman–Crippen LogP) is 3.81. The highest BCUT2D eigenvalue weighted by Gasteiger charge is 2.37. The van der Waals surface area contributed by atoms with Gasteiger partial charge in [0, 0.05) is 17.3 Å². The minimum atomic E-state index is -0.704. The van der Waals surface area contributed by atoms with Gasteiger partial charge in [-0.25, -0.2) is 9.59 Å². The van der Waals surface area contributed by atoms with Crippen LogP contribution < -0.4 is 14.8 Å². The fourth-order valence-electron chi connectivity index (χ4n) is 3.50. The van der Waals surface area contributed by atoms with Crippen molar-refractivity contribution >= 4 is 12.0 Å². The van der Waals surface area contributed by atoms with Gasteiger partial charge in [-0.15, -0.1) is 0 Å². The van der Waals surface area contributed by atoms with Crippen LogP contribution in [0.1, 0.15) is 31.0 Å². The Hall–Kier alpha value is -3.48. The Labute approximate surface area is 176 Å². The number of nitrogens with one attached hydrogen (secondary N) is 1. The van der Waals surface area contributed by atoms with Crippen LogP contribution in [-0.4, -0.2) is 37.7 Å². The Morgan fingerprint density at radius 2 is 1.83 bits per heavy atom. The second-order valence-corrected chi connectivity index (χ2v) is 6.78. The Morgan fingerprint density at radius 1 is 1.10 bits per heavy atom. The van der Waals surface area contributed by atoms with Crippen LogP contribution >= 0.6 is 0 Å². The predicted molar refractivity (Wildman–Crippen MR) is 112 cm³/mol. The van der Waals surface area contributed by atoms with Gasteiger partial charge in [0.25, 0.3) is 0 Å². The third-order valence-electron chi connectivity index (χ3n) is 5.03. The molecule has 0 radical (unpaired) electrons. The van der Waals surface area contributed by atoms with Crippen LogP contribution in [0.5, 0.6) is 11.5 Å². The molecule has 7 nitrogen and oxygen atoms in total. The van der Waals surface area contributed by atoms with Gasteiger partial charge < -0.3 is 19.5 Å². The quantitative estimate of drug-likeness (QED) is 0.703. The number of hydrogen-bond acceptors (Lipinski definition) is 5. The van der Waals surface area contributed by atoms with Crippen molar-refractivity contribution < 1.29 is 23.8 Å². The summed E-state index contributed by atoms with van der Waals surface area (Å²) < 4.78 is 16.1. The zero-order valence-electron chi connectivity index (χ0n) is 17.6. The normalized spacial score (nSPS) is 16.2. The Bertz CT molecular complexity index is 955. The minimum absolute atomic E-state index is 0.231. The minimum Gasteiger partial charge on any atom is -0.497 e. The summed E-state index contributed by atoms with van der Waals surface area (Å²) in [5, 5.41) is 2.94. The van der Waals surface area contributed by atoms with Crippen molar-refractivity contribution in [1.82, 2.24) is 10.2 Å². The van der Waals surface area contributed by atoms with Crippen molar-refractivity contribution in [1.29, 1.82) is 0 Å². The van der Waals surface area contributed by atoms with Crippen LogP contribution in [0.3, 0.4) is 0 Å². The lowest BCUT2D eigenvalue weighted by molar-refractivity contribution is -0.139. The van der Waals surface area contributed by atoms with Crippen molar-refractivity contribution in [3.05, 3.63) is 70.9 Å². The monoisotopic (exact) mass is 410 g/mol. The van der Waals surface area contributed by atoms with Gasteiger partial charge >= 0.3 is 12.0 Å². The third-order valence-corrected chi connectivity index (χ3v) is 5.03. The van der Waals surface area contributed by atoms with Gasteiger partial charge in [0.1, 0.15) is 11.5 Å². The molecule has 7 heteroatoms. The zero-order valence-corrected chi connectivity index (χ0v) is 17.6. The lowest BCUT2D eigenvalue weighted by atomic mass is 9.93. The van der Waals surface area contributed by atoms with Crippen molar-refractivity contribution in [2.45, 2.75) is 26.4 Å². The molecular formula is C23H26N2O5. The highest BCUT2D eigenvalue weighted by Crippen LogP contribution is 2.37. The fraction of sp³-hybridized carbons (Fsp3) is 0.304. The molecule has 1 aliphatic rings. The summed E-state index contributed by atoms with van der Waals surface area (Å²) in [6, 6.07) is 13.9. The van der Waals surface area contributed by atoms with Crippen LogP contribution in [0.25, 0.3) is 0 Å². The van der Waals surface area contributed by atoms with Crippen LogP contribution in [0, 0.1) is 0 Å². The van der Waals surface area contributed by atoms with Crippen molar-refractivity contribution in [3.8, 4) is 11.5 Å². The van der Waals surface area contributed by atoms with Crippen molar-refractivity contribution in [2.24, 2.45) is 0 Å². The number of carbonyl (C=O) groups excluding carboxylic acids is 2. The van der Waals surface area contributed by atoms with Gasteiger partial charge in [0.05, 0.1) is 39.0 Å². The van der Waals surface area contributed by atoms with Gasteiger partial charge in [0.2, 0.25) is 0 Å². The summed E-state index contributed by atoms with van der Waals surface area (Å²) in [6.45, 7) is 4.08. The molecule has 2 aromatic rings. The van der Waals surface area contributed by atoms with E-state index in [1.165, 1.54) is 7.11 Å². The topological polar surface area (TPSA) is 77.1 Å². The lowest BCUT2D eigenvalue weighted by Crippen LogP contribution is -2.47. The Morgan fingerprint density at radius 3 is 2.47 bits per heavy atom. The summed E-state index contributed by atoms with van der Waals surface area (Å²) in [5.41, 5.74) is 2.52. The number of esters is 1. The molecule has 158 valence electrons. The second-order valence-electron chi connectivity index (χ2n) is 6.78. The number of hydrogen-bond donors (Lipinski definition) is 1. The van der Waals surface area contributed by atoms with Crippen LogP contribution in [0.4, 0.5) is 4.79 Å². The van der Waals surface area contributed by atoms with Crippen LogP contribution in [0.2, 0.25) is 0 Å². The van der Waals surface area contributed by atoms with E-state index in [0.717, 1.165) is 5.56 Å². The summed E-state index contributed by atoms with van der Waals surface area (Å²) in [6.07, 6.45) is 0. The Balaban J connectivity index is 2.08. The number of nitrogens with zero attached hydrogens (tertiary/aromatic N) is 1. The van der Waals surface area contributed by atoms with E-state index >= 15 is 0 Å². The first kappa shape index (κ1) is 21.2. The van der Waals surface area contributed by atoms with Gasteiger partial charge in [-0.05, 0) is 31.5 Å². The molecule has 1 unspecified atom stereocenters. The molecule has 0 saturated carbocycles. The first-order valence-corrected chi connectivity index (χ1v) is 9.71. The number of ether oxygens (including phenoxy) is 3. The average molecular weight is 410 g/mol. The van der Waals surface area contributed by atoms with Gasteiger partial charge in [-0.1, -0.05) is 30.3 Å². The van der Waals surface area contributed by atoms with Crippen LogP contribution in [0.15, 0.2) is 59.8 Å². The first-order valence-electron chi connectivity index (χ1n) is 9.71. The number of benzene rings is 2. The van der Waals surface area contributed by atoms with E-state index in [0.29, 0.717) is 34.9 Å². The second kappa shape index (κ2) is 9.35. The van der Waals surface area contributed by atoms with Gasteiger partial charge in [0.15, 0.2) is 0 Å². The zero-order chi connectivity index (χ0) is 21.7. The molecule has 1 atom stereocenters. The summed E-state index contributed by atoms with van der Waals surface area (Å²) in [7, 11) is 3.09. The van der Waals surface area contributed by atoms with Crippen LogP contribution in [-0.2, 0) is 16.1 Å². The molecule has 2 aromatic carbocycles. The number of carbonyl (C=O) groups is 2. The number of allylic oxidation sites excluding steroid dienone is 1. The maximum absolute atomic E-state index is 13.0. The van der Waals surface area contributed by atoms with E-state index in [4.69, 9.17) is 14.2 Å². The van der Waals surface area contributed by atoms with Gasteiger partial charge in [-0.2, -0.15) is 0 Å². The van der Waals surface area contributed by atoms with Crippen molar-refractivity contribution in [2.75, 3.05) is 20.8 Å². The lowest BCUT2D eigenvalue weighted by Gasteiger charge is -2.35. The van der Waals surface area contributed by atoms with E-state index in [1.54, 1.807) is 44.1 Å². The first-order chi connectivity index (χ1) is 14.5. The molecule has 0 aliphatic carbocycles. The highest BCUT2D eigenvalue weighted by molar-refractivity contribution is 5.95. The molecule has 3 rings (SSSR count). The molecule has 0 saturated heterocycles.